The summed E-state index contributed by atoms with van der Waals surface area (Å²) in [6, 6.07) is 24.1. The highest BCUT2D eigenvalue weighted by Gasteiger charge is 2.02. The van der Waals surface area contributed by atoms with Gasteiger partial charge in [-0.25, -0.2) is 0 Å². The fourth-order valence-electron chi connectivity index (χ4n) is 2.60. The molecule has 0 amide bonds. The van der Waals surface area contributed by atoms with Crippen molar-refractivity contribution in [3.63, 3.8) is 0 Å². The summed E-state index contributed by atoms with van der Waals surface area (Å²) < 4.78 is 0. The van der Waals surface area contributed by atoms with Gasteiger partial charge in [-0.1, -0.05) is 114 Å². The van der Waals surface area contributed by atoms with E-state index in [9.17, 15) is 0 Å². The maximum Gasteiger partial charge on any atom is -0.0181 e. The zero-order valence-electron chi connectivity index (χ0n) is 18.9. The van der Waals surface area contributed by atoms with Gasteiger partial charge in [0.05, 0.1) is 0 Å². The second-order valence-corrected chi connectivity index (χ2v) is 5.75. The van der Waals surface area contributed by atoms with Crippen molar-refractivity contribution in [2.75, 3.05) is 0 Å². The first-order valence-electron chi connectivity index (χ1n) is 10.4. The summed E-state index contributed by atoms with van der Waals surface area (Å²) in [5.41, 5.74) is 9.09. The Morgan fingerprint density at radius 3 is 1.30 bits per heavy atom. The van der Waals surface area contributed by atoms with E-state index in [2.05, 4.69) is 87.5 Å². The van der Waals surface area contributed by atoms with Crippen LogP contribution < -0.4 is 0 Å². The van der Waals surface area contributed by atoms with Crippen LogP contribution in [0.25, 0.3) is 22.3 Å². The quantitative estimate of drug-likeness (QED) is 0.426. The SMILES string of the molecule is CC.CC.CC.Cc1cccc(-c2ccc(-c3ccc(C)c(C)c3)cc2)c1. The lowest BCUT2D eigenvalue weighted by atomic mass is 9.97. The van der Waals surface area contributed by atoms with E-state index in [0.717, 1.165) is 0 Å². The molecule has 3 aromatic carbocycles. The van der Waals surface area contributed by atoms with E-state index < -0.39 is 0 Å². The molecule has 0 aliphatic heterocycles. The van der Waals surface area contributed by atoms with E-state index in [4.69, 9.17) is 0 Å². The average molecular weight is 363 g/mol. The fraction of sp³-hybridized carbons (Fsp3) is 0.333. The molecule has 0 heteroatoms. The predicted molar refractivity (Wildman–Crippen MR) is 126 cm³/mol. The molecule has 0 spiro atoms. The van der Waals surface area contributed by atoms with Crippen LogP contribution in [0.5, 0.6) is 0 Å². The van der Waals surface area contributed by atoms with Crippen molar-refractivity contribution in [1.29, 1.82) is 0 Å². The third kappa shape index (κ3) is 7.43. The zero-order valence-corrected chi connectivity index (χ0v) is 18.9. The van der Waals surface area contributed by atoms with E-state index in [0.29, 0.717) is 0 Å². The lowest BCUT2D eigenvalue weighted by molar-refractivity contribution is 1.34. The molecular formula is C27H38. The minimum absolute atomic E-state index is 1.27. The summed E-state index contributed by atoms with van der Waals surface area (Å²) in [6.45, 7) is 18.5. The maximum absolute atomic E-state index is 2.26. The minimum Gasteiger partial charge on any atom is -0.0683 e. The van der Waals surface area contributed by atoms with Crippen molar-refractivity contribution in [2.45, 2.75) is 62.3 Å². The van der Waals surface area contributed by atoms with Crippen molar-refractivity contribution in [1.82, 2.24) is 0 Å². The Hall–Kier alpha value is -2.34. The van der Waals surface area contributed by atoms with Gasteiger partial charge in [-0.15, -0.1) is 0 Å². The van der Waals surface area contributed by atoms with Crippen LogP contribution in [0.2, 0.25) is 0 Å². The first-order chi connectivity index (χ1) is 13.1. The van der Waals surface area contributed by atoms with Gasteiger partial charge in [0.1, 0.15) is 0 Å². The second-order valence-electron chi connectivity index (χ2n) is 5.75. The molecule has 0 unspecified atom stereocenters. The highest BCUT2D eigenvalue weighted by Crippen LogP contribution is 2.26. The molecule has 0 aliphatic carbocycles. The van der Waals surface area contributed by atoms with Crippen LogP contribution in [-0.2, 0) is 0 Å². The molecule has 0 aromatic heterocycles. The van der Waals surface area contributed by atoms with Gasteiger partial charge >= 0.3 is 0 Å². The molecule has 0 nitrogen and oxygen atoms in total. The molecule has 0 N–H and O–H groups in total. The normalized spacial score (nSPS) is 8.93. The molecule has 3 aromatic rings. The Balaban J connectivity index is 0.00000103. The summed E-state index contributed by atoms with van der Waals surface area (Å²) >= 11 is 0. The zero-order chi connectivity index (χ0) is 20.8. The molecule has 0 fully saturated rings. The summed E-state index contributed by atoms with van der Waals surface area (Å²) in [7, 11) is 0. The van der Waals surface area contributed by atoms with Crippen molar-refractivity contribution in [3.8, 4) is 22.3 Å². The smallest absolute Gasteiger partial charge is 0.0181 e. The third-order valence-corrected chi connectivity index (χ3v) is 4.08. The van der Waals surface area contributed by atoms with Gasteiger partial charge in [0.2, 0.25) is 0 Å². The largest absolute Gasteiger partial charge is 0.0683 e. The van der Waals surface area contributed by atoms with Gasteiger partial charge in [0, 0.05) is 0 Å². The number of rotatable bonds is 2. The monoisotopic (exact) mass is 362 g/mol. The molecule has 0 bridgehead atoms. The Labute approximate surface area is 168 Å². The number of benzene rings is 3. The van der Waals surface area contributed by atoms with Crippen molar-refractivity contribution < 1.29 is 0 Å². The Morgan fingerprint density at radius 2 is 0.852 bits per heavy atom. The summed E-state index contributed by atoms with van der Waals surface area (Å²) in [5, 5.41) is 0. The molecule has 146 valence electrons. The van der Waals surface area contributed by atoms with E-state index in [1.54, 1.807) is 0 Å². The highest BCUT2D eigenvalue weighted by atomic mass is 14.1. The molecule has 0 saturated heterocycles. The molecule has 0 heterocycles. The predicted octanol–water partition coefficient (Wildman–Crippen LogP) is 9.02. The highest BCUT2D eigenvalue weighted by molar-refractivity contribution is 5.71. The molecule has 0 atom stereocenters. The minimum atomic E-state index is 1.27. The first kappa shape index (κ1) is 24.7. The van der Waals surface area contributed by atoms with E-state index >= 15 is 0 Å². The van der Waals surface area contributed by atoms with Crippen LogP contribution in [-0.4, -0.2) is 0 Å². The standard InChI is InChI=1S/C21H20.3C2H6/c1-15-5-4-6-20(13-15)18-9-11-19(12-10-18)21-8-7-16(2)17(3)14-21;3*1-2/h4-14H,1-3H3;3*1-2H3. The van der Waals surface area contributed by atoms with Crippen LogP contribution in [0.4, 0.5) is 0 Å². The molecular weight excluding hydrogens is 324 g/mol. The van der Waals surface area contributed by atoms with Crippen LogP contribution in [0.15, 0.2) is 66.7 Å². The fourth-order valence-corrected chi connectivity index (χ4v) is 2.60. The van der Waals surface area contributed by atoms with E-state index in [1.165, 1.54) is 38.9 Å². The van der Waals surface area contributed by atoms with Gasteiger partial charge in [-0.3, -0.25) is 0 Å². The van der Waals surface area contributed by atoms with Gasteiger partial charge < -0.3 is 0 Å². The van der Waals surface area contributed by atoms with Crippen molar-refractivity contribution >= 4 is 0 Å². The average Bonchev–Trinajstić information content (AvgIpc) is 2.75. The molecule has 0 aliphatic rings. The van der Waals surface area contributed by atoms with E-state index in [1.807, 2.05) is 41.5 Å². The maximum atomic E-state index is 2.26. The van der Waals surface area contributed by atoms with Gasteiger partial charge in [0.25, 0.3) is 0 Å². The van der Waals surface area contributed by atoms with Crippen LogP contribution in [0.1, 0.15) is 58.2 Å². The summed E-state index contributed by atoms with van der Waals surface area (Å²) in [6.07, 6.45) is 0. The van der Waals surface area contributed by atoms with Crippen LogP contribution >= 0.6 is 0 Å². The van der Waals surface area contributed by atoms with E-state index in [-0.39, 0.29) is 0 Å². The van der Waals surface area contributed by atoms with Gasteiger partial charge in [-0.2, -0.15) is 0 Å². The molecule has 3 rings (SSSR count). The third-order valence-electron chi connectivity index (χ3n) is 4.08. The van der Waals surface area contributed by atoms with Crippen LogP contribution in [0.3, 0.4) is 0 Å². The number of aryl methyl sites for hydroxylation is 3. The molecule has 0 radical (unpaired) electrons. The lowest BCUT2D eigenvalue weighted by Gasteiger charge is -2.08. The summed E-state index contributed by atoms with van der Waals surface area (Å²) in [4.78, 5) is 0. The Bertz CT molecular complexity index is 764. The number of hydrogen-bond acceptors (Lipinski definition) is 0. The first-order valence-corrected chi connectivity index (χ1v) is 10.4. The van der Waals surface area contributed by atoms with Crippen LogP contribution in [0, 0.1) is 20.8 Å². The lowest BCUT2D eigenvalue weighted by Crippen LogP contribution is -1.84. The summed E-state index contributed by atoms with van der Waals surface area (Å²) in [5.74, 6) is 0. The molecule has 27 heavy (non-hydrogen) atoms. The second kappa shape index (κ2) is 13.8. The van der Waals surface area contributed by atoms with Crippen molar-refractivity contribution in [2.24, 2.45) is 0 Å². The Morgan fingerprint density at radius 1 is 0.407 bits per heavy atom. The van der Waals surface area contributed by atoms with Crippen molar-refractivity contribution in [3.05, 3.63) is 83.4 Å². The topological polar surface area (TPSA) is 0 Å². The van der Waals surface area contributed by atoms with Gasteiger partial charge in [0.15, 0.2) is 0 Å². The number of hydrogen-bond donors (Lipinski definition) is 0. The molecule has 0 saturated carbocycles. The van der Waals surface area contributed by atoms with Gasteiger partial charge in [-0.05, 0) is 54.2 Å². The Kier molecular flexibility index (Phi) is 12.6.